The summed E-state index contributed by atoms with van der Waals surface area (Å²) in [4.78, 5) is 21.2. The third kappa shape index (κ3) is 1.94. The summed E-state index contributed by atoms with van der Waals surface area (Å²) in [5, 5.41) is 0. The van der Waals surface area contributed by atoms with Gasteiger partial charge in [-0.3, -0.25) is 14.8 Å². The lowest BCUT2D eigenvalue weighted by molar-refractivity contribution is -0.0809. The van der Waals surface area contributed by atoms with Gasteiger partial charge in [0.15, 0.2) is 11.6 Å². The average molecular weight is 278 g/mol. The predicted octanol–water partition coefficient (Wildman–Crippen LogP) is 2.80. The molecule has 0 aromatic heterocycles. The average Bonchev–Trinajstić information content (AvgIpc) is 2.37. The second kappa shape index (κ2) is 5.33. The number of rotatable bonds is 4. The highest BCUT2D eigenvalue weighted by atomic mass is 19.3. The first-order valence-electron chi connectivity index (χ1n) is 3.77. The number of hydrogen-bond donors (Lipinski definition) is 0. The molecule has 0 amide bonds. The zero-order valence-corrected chi connectivity index (χ0v) is 7.81. The van der Waals surface area contributed by atoms with Gasteiger partial charge < -0.3 is 0 Å². The molecular weight excluding hydrogens is 278 g/mol. The third-order valence-electron chi connectivity index (χ3n) is 1.76. The van der Waals surface area contributed by atoms with Gasteiger partial charge in [-0.2, -0.15) is 0 Å². The molecule has 0 aliphatic rings. The van der Waals surface area contributed by atoms with Crippen molar-refractivity contribution < 1.29 is 51.4 Å². The highest BCUT2D eigenvalue weighted by Gasteiger charge is 2.35. The Labute approximate surface area is 93.0 Å². The Morgan fingerprint density at radius 3 is 1.44 bits per heavy atom. The molecule has 1 aromatic rings. The van der Waals surface area contributed by atoms with E-state index in [-0.39, 0.29) is 0 Å². The van der Waals surface area contributed by atoms with Gasteiger partial charge in [-0.1, -0.05) is 0 Å². The molecule has 0 spiro atoms. The molecule has 18 heavy (non-hydrogen) atoms. The van der Waals surface area contributed by atoms with Crippen molar-refractivity contribution in [3.63, 3.8) is 0 Å². The van der Waals surface area contributed by atoms with Crippen LogP contribution in [-0.4, -0.2) is 5.97 Å². The molecule has 1 aromatic carbocycles. The van der Waals surface area contributed by atoms with E-state index in [4.69, 9.17) is 0 Å². The molecule has 0 unspecified atom stereocenters. The van der Waals surface area contributed by atoms with Crippen molar-refractivity contribution in [3.05, 3.63) is 17.2 Å². The summed E-state index contributed by atoms with van der Waals surface area (Å²) in [6.45, 7) is 0. The molecule has 0 N–H and O–H groups in total. The highest BCUT2D eigenvalue weighted by molar-refractivity contribution is 5.91. The van der Waals surface area contributed by atoms with Gasteiger partial charge in [0.05, 0.1) is 0 Å². The topological polar surface area (TPSA) is 54.0 Å². The fourth-order valence-corrected chi connectivity index (χ4v) is 1.05. The second-order valence-corrected chi connectivity index (χ2v) is 2.59. The number of halogens is 6. The van der Waals surface area contributed by atoms with E-state index in [9.17, 15) is 31.7 Å². The van der Waals surface area contributed by atoms with Gasteiger partial charge in [-0.25, -0.2) is 18.5 Å². The monoisotopic (exact) mass is 278 g/mol. The zero-order chi connectivity index (χ0) is 13.9. The van der Waals surface area contributed by atoms with E-state index < -0.39 is 40.4 Å². The van der Waals surface area contributed by atoms with Crippen LogP contribution in [0.25, 0.3) is 0 Å². The van der Waals surface area contributed by atoms with E-state index in [0.29, 0.717) is 0 Å². The predicted molar refractivity (Wildman–Crippen MR) is 38.1 cm³/mol. The Balaban J connectivity index is 3.69. The summed E-state index contributed by atoms with van der Waals surface area (Å²) in [5.74, 6) is -12.3. The van der Waals surface area contributed by atoms with Crippen LogP contribution in [0.2, 0.25) is 0 Å². The van der Waals surface area contributed by atoms with Crippen LogP contribution in [0.1, 0.15) is 10.4 Å². The van der Waals surface area contributed by atoms with Gasteiger partial charge in [0.2, 0.25) is 0 Å². The first kappa shape index (κ1) is 13.7. The van der Waals surface area contributed by atoms with Gasteiger partial charge >= 0.3 is 5.97 Å². The van der Waals surface area contributed by atoms with E-state index in [2.05, 4.69) is 19.8 Å². The summed E-state index contributed by atoms with van der Waals surface area (Å²) in [6.07, 6.45) is 0. The largest absolute Gasteiger partial charge is 0.385 e. The fourth-order valence-electron chi connectivity index (χ4n) is 1.05. The molecule has 0 saturated carbocycles. The maximum absolute atomic E-state index is 13.2. The van der Waals surface area contributed by atoms with Gasteiger partial charge in [0.25, 0.3) is 17.2 Å². The quantitative estimate of drug-likeness (QED) is 0.792. The van der Waals surface area contributed by atoms with E-state index in [1.54, 1.807) is 0 Å². The molecule has 0 aliphatic carbocycles. The van der Waals surface area contributed by atoms with Gasteiger partial charge in [0, 0.05) is 18.1 Å². The minimum absolute atomic E-state index is 1.81. The molecule has 11 heteroatoms. The Kier molecular flexibility index (Phi) is 4.07. The molecule has 0 heterocycles. The van der Waals surface area contributed by atoms with Crippen molar-refractivity contribution in [2.75, 3.05) is 0 Å². The number of carbonyl (C=O) groups excluding carboxylic acids is 1. The second-order valence-electron chi connectivity index (χ2n) is 2.59. The summed E-state index contributed by atoms with van der Waals surface area (Å²) >= 11 is 0. The minimum Gasteiger partial charge on any atom is -0.287 e. The van der Waals surface area contributed by atoms with E-state index in [1.165, 1.54) is 0 Å². The molecule has 0 aliphatic heterocycles. The SMILES string of the molecule is O=C(OF)c1c(F)c(OF)c(OF)c(OF)c1F. The smallest absolute Gasteiger partial charge is 0.287 e. The van der Waals surface area contributed by atoms with Crippen LogP contribution in [0.3, 0.4) is 0 Å². The lowest BCUT2D eigenvalue weighted by atomic mass is 10.1. The Bertz CT molecular complexity index is 447. The molecule has 1 rings (SSSR count). The standard InChI is InChI=1S/C7F6O5/c8-2-1(7(14)18-13)3(9)5(16-11)6(17-12)4(2)15-10. The van der Waals surface area contributed by atoms with Crippen LogP contribution < -0.4 is 14.8 Å². The number of benzene rings is 1. The first-order chi connectivity index (χ1) is 8.53. The Morgan fingerprint density at radius 2 is 1.17 bits per heavy atom. The summed E-state index contributed by atoms with van der Waals surface area (Å²) in [6, 6.07) is 0. The lowest BCUT2D eigenvalue weighted by Gasteiger charge is -2.08. The third-order valence-corrected chi connectivity index (χ3v) is 1.76. The maximum atomic E-state index is 13.2. The molecule has 0 saturated heterocycles. The maximum Gasteiger partial charge on any atom is 0.385 e. The molecule has 5 nitrogen and oxygen atoms in total. The molecule has 0 radical (unpaired) electrons. The Morgan fingerprint density at radius 1 is 0.778 bits per heavy atom. The van der Waals surface area contributed by atoms with Crippen LogP contribution in [0, 0.1) is 11.6 Å². The van der Waals surface area contributed by atoms with Crippen LogP contribution in [-0.2, 0) is 4.94 Å². The van der Waals surface area contributed by atoms with E-state index >= 15 is 0 Å². The molecule has 0 fully saturated rings. The van der Waals surface area contributed by atoms with Crippen molar-refractivity contribution in [1.29, 1.82) is 0 Å². The van der Waals surface area contributed by atoms with Crippen molar-refractivity contribution in [3.8, 4) is 17.2 Å². The molecule has 100 valence electrons. The molecular formula is C7F6O5. The van der Waals surface area contributed by atoms with Crippen molar-refractivity contribution >= 4 is 5.97 Å². The fraction of sp³-hybridized carbons (Fsp3) is 0. The highest BCUT2D eigenvalue weighted by Crippen LogP contribution is 2.44. The molecule has 0 bridgehead atoms. The Hall–Kier alpha value is -2.33. The number of hydrogen-bond acceptors (Lipinski definition) is 5. The van der Waals surface area contributed by atoms with Crippen molar-refractivity contribution in [2.24, 2.45) is 0 Å². The zero-order valence-electron chi connectivity index (χ0n) is 7.81. The number of carbonyl (C=O) groups is 1. The van der Waals surface area contributed by atoms with Crippen molar-refractivity contribution in [2.45, 2.75) is 0 Å². The van der Waals surface area contributed by atoms with Crippen LogP contribution in [0.5, 0.6) is 17.2 Å². The van der Waals surface area contributed by atoms with Crippen molar-refractivity contribution in [1.82, 2.24) is 0 Å². The summed E-state index contributed by atoms with van der Waals surface area (Å²) in [5.41, 5.74) is -1.92. The normalized spacial score (nSPS) is 9.89. The van der Waals surface area contributed by atoms with E-state index in [0.717, 1.165) is 0 Å². The van der Waals surface area contributed by atoms with Crippen LogP contribution >= 0.6 is 0 Å². The summed E-state index contributed by atoms with van der Waals surface area (Å²) < 4.78 is 73.7. The minimum atomic E-state index is -2.30. The van der Waals surface area contributed by atoms with Gasteiger partial charge in [-0.15, -0.1) is 0 Å². The van der Waals surface area contributed by atoms with Gasteiger partial charge in [-0.05, 0) is 0 Å². The summed E-state index contributed by atoms with van der Waals surface area (Å²) in [7, 11) is 0. The van der Waals surface area contributed by atoms with Crippen LogP contribution in [0.4, 0.5) is 26.9 Å². The lowest BCUT2D eigenvalue weighted by Crippen LogP contribution is -2.09. The van der Waals surface area contributed by atoms with Gasteiger partial charge in [0.1, 0.15) is 5.56 Å². The van der Waals surface area contributed by atoms with Crippen LogP contribution in [0.15, 0.2) is 0 Å². The molecule has 0 atom stereocenters. The first-order valence-corrected chi connectivity index (χ1v) is 3.77. The van der Waals surface area contributed by atoms with E-state index in [1.807, 2.05) is 0 Å².